The fourth-order valence-corrected chi connectivity index (χ4v) is 1.96. The molecule has 2 heterocycles. The molecule has 0 aliphatic rings. The summed E-state index contributed by atoms with van der Waals surface area (Å²) in [5.74, 6) is -1.75. The predicted octanol–water partition coefficient (Wildman–Crippen LogP) is -0.219. The van der Waals surface area contributed by atoms with Crippen molar-refractivity contribution in [2.24, 2.45) is 0 Å². The Labute approximate surface area is 144 Å². The molecule has 24 heavy (non-hydrogen) atoms. The van der Waals surface area contributed by atoms with Crippen molar-refractivity contribution in [3.8, 4) is 0 Å². The summed E-state index contributed by atoms with van der Waals surface area (Å²) in [6, 6.07) is 7.46. The van der Waals surface area contributed by atoms with Crippen molar-refractivity contribution in [1.29, 1.82) is 0 Å². The average Bonchev–Trinajstić information content (AvgIpc) is 2.99. The second-order valence-corrected chi connectivity index (χ2v) is 5.33. The molecular weight excluding hydrogens is 384 g/mol. The number of hydrogen-bond donors (Lipinski definition) is 3. The summed E-state index contributed by atoms with van der Waals surface area (Å²) in [4.78, 5) is 46.3. The molecule has 0 unspecified atom stereocenters. The van der Waals surface area contributed by atoms with E-state index in [9.17, 15) is 19.2 Å². The minimum absolute atomic E-state index is 0.0437. The standard InChI is InChI=1S/C14H13BrN4O5/c15-10-5-4-9(24-10)14(23)16-7-11(20)17-18-12(21)8-19-6-2-1-3-13(19)22/h1-6H,7-8H2,(H,16,23)(H,17,20)(H,18,21). The fourth-order valence-electron chi connectivity index (χ4n) is 1.65. The Morgan fingerprint density at radius 3 is 2.50 bits per heavy atom. The second kappa shape index (κ2) is 8.11. The van der Waals surface area contributed by atoms with E-state index in [2.05, 4.69) is 32.1 Å². The van der Waals surface area contributed by atoms with Crippen molar-refractivity contribution in [3.63, 3.8) is 0 Å². The van der Waals surface area contributed by atoms with Crippen LogP contribution < -0.4 is 21.7 Å². The van der Waals surface area contributed by atoms with Crippen LogP contribution in [0.25, 0.3) is 0 Å². The molecule has 9 nitrogen and oxygen atoms in total. The molecule has 126 valence electrons. The van der Waals surface area contributed by atoms with Gasteiger partial charge in [0, 0.05) is 12.3 Å². The molecule has 0 fully saturated rings. The fraction of sp³-hybridized carbons (Fsp3) is 0.143. The highest BCUT2D eigenvalue weighted by Gasteiger charge is 2.12. The van der Waals surface area contributed by atoms with Crippen LogP contribution in [0.3, 0.4) is 0 Å². The van der Waals surface area contributed by atoms with Gasteiger partial charge in [0.2, 0.25) is 0 Å². The van der Waals surface area contributed by atoms with Crippen molar-refractivity contribution in [2.45, 2.75) is 6.54 Å². The number of hydrazine groups is 1. The molecular formula is C14H13BrN4O5. The van der Waals surface area contributed by atoms with E-state index >= 15 is 0 Å². The van der Waals surface area contributed by atoms with Crippen molar-refractivity contribution in [3.05, 3.63) is 57.3 Å². The van der Waals surface area contributed by atoms with Crippen molar-refractivity contribution < 1.29 is 18.8 Å². The summed E-state index contributed by atoms with van der Waals surface area (Å²) >= 11 is 3.06. The number of halogens is 1. The molecule has 0 aliphatic carbocycles. The molecule has 0 spiro atoms. The van der Waals surface area contributed by atoms with E-state index in [4.69, 9.17) is 4.42 Å². The lowest BCUT2D eigenvalue weighted by molar-refractivity contribution is -0.128. The minimum Gasteiger partial charge on any atom is -0.444 e. The summed E-state index contributed by atoms with van der Waals surface area (Å²) < 4.78 is 6.59. The van der Waals surface area contributed by atoms with E-state index in [0.29, 0.717) is 4.67 Å². The first kappa shape index (κ1) is 17.5. The third-order valence-corrected chi connectivity index (χ3v) is 3.19. The number of carbonyl (C=O) groups is 3. The van der Waals surface area contributed by atoms with Crippen LogP contribution in [-0.2, 0) is 16.1 Å². The highest BCUT2D eigenvalue weighted by Crippen LogP contribution is 2.13. The zero-order valence-corrected chi connectivity index (χ0v) is 13.8. The van der Waals surface area contributed by atoms with Gasteiger partial charge in [0.1, 0.15) is 6.54 Å². The number of pyridine rings is 1. The maximum absolute atomic E-state index is 11.6. The van der Waals surface area contributed by atoms with Gasteiger partial charge in [0.15, 0.2) is 10.4 Å². The number of nitrogens with zero attached hydrogens (tertiary/aromatic N) is 1. The van der Waals surface area contributed by atoms with E-state index in [1.54, 1.807) is 18.2 Å². The van der Waals surface area contributed by atoms with Gasteiger partial charge in [-0.05, 0) is 34.1 Å². The van der Waals surface area contributed by atoms with Gasteiger partial charge in [-0.1, -0.05) is 6.07 Å². The lowest BCUT2D eigenvalue weighted by Gasteiger charge is -2.09. The van der Waals surface area contributed by atoms with Gasteiger partial charge in [-0.3, -0.25) is 30.0 Å². The number of carbonyl (C=O) groups excluding carboxylic acids is 3. The lowest BCUT2D eigenvalue weighted by atomic mass is 10.4. The topological polar surface area (TPSA) is 122 Å². The molecule has 0 atom stereocenters. The maximum atomic E-state index is 11.6. The molecule has 2 rings (SSSR count). The quantitative estimate of drug-likeness (QED) is 0.603. The van der Waals surface area contributed by atoms with Crippen LogP contribution in [0.5, 0.6) is 0 Å². The van der Waals surface area contributed by atoms with E-state index in [-0.39, 0.29) is 24.4 Å². The Morgan fingerprint density at radius 2 is 1.83 bits per heavy atom. The summed E-state index contributed by atoms with van der Waals surface area (Å²) in [6.45, 7) is -0.602. The lowest BCUT2D eigenvalue weighted by Crippen LogP contribution is -2.47. The van der Waals surface area contributed by atoms with E-state index < -0.39 is 17.7 Å². The van der Waals surface area contributed by atoms with Crippen LogP contribution >= 0.6 is 15.9 Å². The SMILES string of the molecule is O=C(CNC(=O)c1ccc(Br)o1)NNC(=O)Cn1ccccc1=O. The molecule has 2 aromatic heterocycles. The van der Waals surface area contributed by atoms with Gasteiger partial charge >= 0.3 is 0 Å². The first-order valence-corrected chi connectivity index (χ1v) is 7.51. The summed E-state index contributed by atoms with van der Waals surface area (Å²) in [7, 11) is 0. The Hall–Kier alpha value is -2.88. The number of hydrogen-bond acceptors (Lipinski definition) is 5. The predicted molar refractivity (Wildman–Crippen MR) is 85.7 cm³/mol. The van der Waals surface area contributed by atoms with Gasteiger partial charge < -0.3 is 14.3 Å². The molecule has 0 aliphatic heterocycles. The van der Waals surface area contributed by atoms with Crippen LogP contribution in [0.15, 0.2) is 50.4 Å². The van der Waals surface area contributed by atoms with Crippen molar-refractivity contribution in [1.82, 2.24) is 20.7 Å². The van der Waals surface area contributed by atoms with Crippen LogP contribution in [0.1, 0.15) is 10.6 Å². The second-order valence-electron chi connectivity index (χ2n) is 4.55. The molecule has 3 amide bonds. The van der Waals surface area contributed by atoms with E-state index in [1.165, 1.54) is 22.9 Å². The zero-order valence-electron chi connectivity index (χ0n) is 12.2. The summed E-state index contributed by atoms with van der Waals surface area (Å²) in [6.07, 6.45) is 1.45. The minimum atomic E-state index is -0.636. The molecule has 0 bridgehead atoms. The normalized spacial score (nSPS) is 10.0. The van der Waals surface area contributed by atoms with E-state index in [1.807, 2.05) is 0 Å². The number of rotatable bonds is 5. The summed E-state index contributed by atoms with van der Waals surface area (Å²) in [5, 5.41) is 2.32. The number of nitrogens with one attached hydrogen (secondary N) is 3. The highest BCUT2D eigenvalue weighted by atomic mass is 79.9. The first-order chi connectivity index (χ1) is 11.5. The third kappa shape index (κ3) is 5.09. The van der Waals surface area contributed by atoms with Gasteiger partial charge in [-0.15, -0.1) is 0 Å². The smallest absolute Gasteiger partial charge is 0.287 e. The number of furan rings is 1. The van der Waals surface area contributed by atoms with Crippen LogP contribution in [0.4, 0.5) is 0 Å². The Bertz CT molecular complexity index is 813. The van der Waals surface area contributed by atoms with Crippen molar-refractivity contribution >= 4 is 33.7 Å². The first-order valence-electron chi connectivity index (χ1n) is 6.72. The van der Waals surface area contributed by atoms with Gasteiger partial charge in [-0.25, -0.2) is 0 Å². The van der Waals surface area contributed by atoms with E-state index in [0.717, 1.165) is 0 Å². The largest absolute Gasteiger partial charge is 0.444 e. The van der Waals surface area contributed by atoms with Crippen LogP contribution in [0.2, 0.25) is 0 Å². The highest BCUT2D eigenvalue weighted by molar-refractivity contribution is 9.10. The van der Waals surface area contributed by atoms with Crippen molar-refractivity contribution in [2.75, 3.05) is 6.54 Å². The Morgan fingerprint density at radius 1 is 1.08 bits per heavy atom. The molecule has 0 radical (unpaired) electrons. The molecule has 2 aromatic rings. The maximum Gasteiger partial charge on any atom is 0.287 e. The average molecular weight is 397 g/mol. The Balaban J connectivity index is 1.73. The third-order valence-electron chi connectivity index (χ3n) is 2.76. The summed E-state index contributed by atoms with van der Waals surface area (Å²) in [5.41, 5.74) is 3.93. The van der Waals surface area contributed by atoms with Gasteiger partial charge in [0.05, 0.1) is 6.54 Å². The molecule has 10 heteroatoms. The molecule has 0 saturated heterocycles. The van der Waals surface area contributed by atoms with Crippen LogP contribution in [-0.4, -0.2) is 28.8 Å². The van der Waals surface area contributed by atoms with Gasteiger partial charge in [0.25, 0.3) is 23.3 Å². The number of amides is 3. The monoisotopic (exact) mass is 396 g/mol. The van der Waals surface area contributed by atoms with Gasteiger partial charge in [-0.2, -0.15) is 0 Å². The Kier molecular flexibility index (Phi) is 5.90. The molecule has 3 N–H and O–H groups in total. The zero-order chi connectivity index (χ0) is 17.5. The molecule has 0 aromatic carbocycles. The number of aromatic nitrogens is 1. The van der Waals surface area contributed by atoms with Crippen LogP contribution in [0, 0.1) is 0 Å². The molecule has 0 saturated carbocycles.